The maximum absolute atomic E-state index is 12.6. The molecule has 3 rings (SSSR count). The highest BCUT2D eigenvalue weighted by atomic mass is 32.2. The van der Waals surface area contributed by atoms with E-state index in [9.17, 15) is 13.2 Å². The fraction of sp³-hybridized carbons (Fsp3) is 0.462. The van der Waals surface area contributed by atoms with E-state index in [1.807, 2.05) is 0 Å². The highest BCUT2D eigenvalue weighted by Crippen LogP contribution is 2.22. The number of methoxy groups -OCH3 is 1. The molecule has 0 saturated carbocycles. The average Bonchev–Trinajstić information content (AvgIpc) is 3.10. The van der Waals surface area contributed by atoms with Crippen molar-refractivity contribution in [2.75, 3.05) is 11.8 Å². The summed E-state index contributed by atoms with van der Waals surface area (Å²) < 4.78 is 35.1. The smallest absolute Gasteiger partial charge is 0.356 e. The Morgan fingerprint density at radius 3 is 2.91 bits per heavy atom. The van der Waals surface area contributed by atoms with Gasteiger partial charge in [0.05, 0.1) is 13.3 Å². The number of esters is 1. The number of aromatic nitrogens is 4. The summed E-state index contributed by atoms with van der Waals surface area (Å²) in [6, 6.07) is 1.33. The number of ether oxygens (including phenoxy) is 1. The highest BCUT2D eigenvalue weighted by Gasteiger charge is 2.25. The summed E-state index contributed by atoms with van der Waals surface area (Å²) in [6.07, 6.45) is 4.05. The van der Waals surface area contributed by atoms with Crippen LogP contribution in [-0.4, -0.2) is 40.8 Å². The molecule has 0 aliphatic carbocycles. The largest absolute Gasteiger partial charge is 0.464 e. The molecule has 23 heavy (non-hydrogen) atoms. The van der Waals surface area contributed by atoms with Gasteiger partial charge in [0.25, 0.3) is 10.0 Å². The lowest BCUT2D eigenvalue weighted by molar-refractivity contribution is 0.0588. The zero-order valence-electron chi connectivity index (χ0n) is 12.8. The molecule has 0 amide bonds. The molecule has 0 bridgehead atoms. The molecule has 2 aromatic rings. The van der Waals surface area contributed by atoms with E-state index in [1.165, 1.54) is 31.1 Å². The van der Waals surface area contributed by atoms with Crippen LogP contribution in [0.3, 0.4) is 0 Å². The van der Waals surface area contributed by atoms with Crippen molar-refractivity contribution in [1.82, 2.24) is 19.3 Å². The molecule has 0 unspecified atom stereocenters. The van der Waals surface area contributed by atoms with Crippen LogP contribution in [0, 0.1) is 0 Å². The summed E-state index contributed by atoms with van der Waals surface area (Å²) in [7, 11) is -1.04. The van der Waals surface area contributed by atoms with Crippen molar-refractivity contribution in [1.29, 1.82) is 0 Å². The third-order valence-corrected chi connectivity index (χ3v) is 5.08. The number of anilines is 1. The summed E-state index contributed by atoms with van der Waals surface area (Å²) in [5, 5.41) is 4.09. The van der Waals surface area contributed by atoms with Crippen LogP contribution in [0.1, 0.15) is 29.2 Å². The first-order valence-electron chi connectivity index (χ1n) is 7.12. The van der Waals surface area contributed by atoms with Crippen LogP contribution < -0.4 is 4.72 Å². The Kier molecular flexibility index (Phi) is 3.84. The van der Waals surface area contributed by atoms with Crippen molar-refractivity contribution in [2.45, 2.75) is 30.8 Å². The lowest BCUT2D eigenvalue weighted by Gasteiger charge is -2.16. The predicted octanol–water partition coefficient (Wildman–Crippen LogP) is 0.540. The summed E-state index contributed by atoms with van der Waals surface area (Å²) >= 11 is 0. The number of carbonyl (C=O) groups excluding carboxylic acids is 1. The third-order valence-electron chi connectivity index (χ3n) is 3.72. The van der Waals surface area contributed by atoms with Gasteiger partial charge in [-0.15, -0.1) is 0 Å². The summed E-state index contributed by atoms with van der Waals surface area (Å²) in [4.78, 5) is 15.7. The van der Waals surface area contributed by atoms with E-state index in [-0.39, 0.29) is 16.5 Å². The number of rotatable bonds is 4. The lowest BCUT2D eigenvalue weighted by Crippen LogP contribution is -2.20. The molecule has 0 fully saturated rings. The fourth-order valence-electron chi connectivity index (χ4n) is 2.61. The van der Waals surface area contributed by atoms with Crippen molar-refractivity contribution in [3.05, 3.63) is 23.8 Å². The van der Waals surface area contributed by atoms with E-state index in [4.69, 9.17) is 0 Å². The van der Waals surface area contributed by atoms with Crippen molar-refractivity contribution >= 4 is 21.8 Å². The second-order valence-electron chi connectivity index (χ2n) is 5.26. The maximum Gasteiger partial charge on any atom is 0.356 e. The standard InChI is InChI=1S/C13H17N5O4S/c1-17-9(13(19)22-2)7-10(15-17)16-23(20,21)12-8-14-11-5-3-4-6-18(11)12/h7-8H,3-6H2,1-2H3,(H,15,16). The van der Waals surface area contributed by atoms with Crippen LogP contribution in [0.4, 0.5) is 5.82 Å². The van der Waals surface area contributed by atoms with Gasteiger partial charge in [0.2, 0.25) is 0 Å². The molecule has 3 heterocycles. The van der Waals surface area contributed by atoms with E-state index in [2.05, 4.69) is 19.5 Å². The summed E-state index contributed by atoms with van der Waals surface area (Å²) in [5.74, 6) is 0.235. The van der Waals surface area contributed by atoms with Crippen LogP contribution in [0.15, 0.2) is 17.3 Å². The topological polar surface area (TPSA) is 108 Å². The Morgan fingerprint density at radius 2 is 2.17 bits per heavy atom. The minimum Gasteiger partial charge on any atom is -0.464 e. The van der Waals surface area contributed by atoms with Gasteiger partial charge in [-0.3, -0.25) is 9.40 Å². The van der Waals surface area contributed by atoms with E-state index in [0.29, 0.717) is 6.54 Å². The minimum atomic E-state index is -3.82. The molecule has 0 saturated heterocycles. The molecule has 1 aliphatic rings. The number of imidazole rings is 1. The number of aryl methyl sites for hydroxylation is 2. The molecule has 2 aromatic heterocycles. The van der Waals surface area contributed by atoms with E-state index >= 15 is 0 Å². The number of nitrogens with one attached hydrogen (secondary N) is 1. The molecule has 1 N–H and O–H groups in total. The van der Waals surface area contributed by atoms with Gasteiger partial charge in [-0.25, -0.2) is 9.78 Å². The SMILES string of the molecule is COC(=O)c1cc(NS(=O)(=O)c2cnc3n2CCCC3)nn1C. The first-order valence-corrected chi connectivity index (χ1v) is 8.60. The average molecular weight is 339 g/mol. The number of sulfonamides is 1. The Balaban J connectivity index is 1.90. The Morgan fingerprint density at radius 1 is 1.39 bits per heavy atom. The van der Waals surface area contributed by atoms with Crippen LogP contribution >= 0.6 is 0 Å². The Labute approximate surface area is 133 Å². The maximum atomic E-state index is 12.6. The third kappa shape index (κ3) is 2.81. The van der Waals surface area contributed by atoms with E-state index in [0.717, 1.165) is 25.1 Å². The molecular formula is C13H17N5O4S. The monoisotopic (exact) mass is 339 g/mol. The molecular weight excluding hydrogens is 322 g/mol. The fourth-order valence-corrected chi connectivity index (χ4v) is 3.76. The molecule has 0 aromatic carbocycles. The van der Waals surface area contributed by atoms with Crippen molar-refractivity contribution in [3.8, 4) is 0 Å². The Bertz CT molecular complexity index is 852. The predicted molar refractivity (Wildman–Crippen MR) is 80.5 cm³/mol. The number of nitrogens with zero attached hydrogens (tertiary/aromatic N) is 4. The van der Waals surface area contributed by atoms with E-state index in [1.54, 1.807) is 4.57 Å². The zero-order chi connectivity index (χ0) is 16.6. The highest BCUT2D eigenvalue weighted by molar-refractivity contribution is 7.92. The minimum absolute atomic E-state index is 0.0549. The molecule has 124 valence electrons. The number of hydrogen-bond donors (Lipinski definition) is 1. The van der Waals surface area contributed by atoms with Gasteiger partial charge < -0.3 is 9.30 Å². The van der Waals surface area contributed by atoms with Crippen molar-refractivity contribution in [3.63, 3.8) is 0 Å². The molecule has 0 radical (unpaired) electrons. The van der Waals surface area contributed by atoms with Gasteiger partial charge >= 0.3 is 5.97 Å². The van der Waals surface area contributed by atoms with Gasteiger partial charge in [0.15, 0.2) is 10.8 Å². The summed E-state index contributed by atoms with van der Waals surface area (Å²) in [5.41, 5.74) is 0.153. The van der Waals surface area contributed by atoms with Crippen LogP contribution in [0.5, 0.6) is 0 Å². The Hall–Kier alpha value is -2.36. The van der Waals surface area contributed by atoms with Gasteiger partial charge in [-0.1, -0.05) is 0 Å². The van der Waals surface area contributed by atoms with Gasteiger partial charge in [0.1, 0.15) is 11.5 Å². The number of fused-ring (bicyclic) bond motifs is 1. The van der Waals surface area contributed by atoms with Gasteiger partial charge in [0, 0.05) is 26.1 Å². The van der Waals surface area contributed by atoms with E-state index < -0.39 is 16.0 Å². The molecule has 10 heteroatoms. The molecule has 9 nitrogen and oxygen atoms in total. The van der Waals surface area contributed by atoms with Crippen LogP contribution in [0.25, 0.3) is 0 Å². The van der Waals surface area contributed by atoms with Crippen molar-refractivity contribution in [2.24, 2.45) is 7.05 Å². The molecule has 0 atom stereocenters. The zero-order valence-corrected chi connectivity index (χ0v) is 13.6. The second-order valence-corrected chi connectivity index (χ2v) is 6.89. The normalized spacial score (nSPS) is 14.3. The number of carbonyl (C=O) groups is 1. The second kappa shape index (κ2) is 5.69. The van der Waals surface area contributed by atoms with Gasteiger partial charge in [-0.05, 0) is 12.8 Å². The summed E-state index contributed by atoms with van der Waals surface area (Å²) in [6.45, 7) is 0.626. The lowest BCUT2D eigenvalue weighted by atomic mass is 10.2. The number of hydrogen-bond acceptors (Lipinski definition) is 6. The van der Waals surface area contributed by atoms with Crippen molar-refractivity contribution < 1.29 is 17.9 Å². The molecule has 1 aliphatic heterocycles. The quantitative estimate of drug-likeness (QED) is 0.815. The first kappa shape index (κ1) is 15.5. The molecule has 0 spiro atoms. The van der Waals surface area contributed by atoms with Gasteiger partial charge in [-0.2, -0.15) is 13.5 Å². The van der Waals surface area contributed by atoms with Crippen LogP contribution in [-0.2, 0) is 34.8 Å². The van der Waals surface area contributed by atoms with Crippen LogP contribution in [0.2, 0.25) is 0 Å². The first-order chi connectivity index (χ1) is 10.9.